The highest BCUT2D eigenvalue weighted by Crippen LogP contribution is 2.62. The number of allylic oxidation sites excluding steroid dienone is 3. The van der Waals surface area contributed by atoms with Gasteiger partial charge in [0.05, 0.1) is 6.61 Å². The lowest BCUT2D eigenvalue weighted by atomic mass is 9.47. The molecule has 0 aromatic carbocycles. The van der Waals surface area contributed by atoms with E-state index in [0.29, 0.717) is 24.2 Å². The SMILES string of the molecule is C/C=C(/C)C(=O)O[C@@H]1C[C@]2(C)[C@@H]3C(=CC[C@H]2C(C)(C)[C@H]1OC(=O)/C(C)=C\C)CO[C@H]3O. The van der Waals surface area contributed by atoms with E-state index in [1.54, 1.807) is 39.8 Å². The molecule has 1 aliphatic heterocycles. The summed E-state index contributed by atoms with van der Waals surface area (Å²) in [6, 6.07) is 0. The van der Waals surface area contributed by atoms with Gasteiger partial charge < -0.3 is 19.3 Å². The summed E-state index contributed by atoms with van der Waals surface area (Å²) in [5.41, 5.74) is 1.28. The summed E-state index contributed by atoms with van der Waals surface area (Å²) in [4.78, 5) is 25.4. The van der Waals surface area contributed by atoms with E-state index < -0.39 is 35.9 Å². The van der Waals surface area contributed by atoms with E-state index in [0.717, 1.165) is 12.0 Å². The average molecular weight is 433 g/mol. The second kappa shape index (κ2) is 8.55. The highest BCUT2D eigenvalue weighted by atomic mass is 16.6. The van der Waals surface area contributed by atoms with Gasteiger partial charge in [0, 0.05) is 22.5 Å². The molecule has 0 unspecified atom stereocenters. The molecular formula is C25H36O6. The summed E-state index contributed by atoms with van der Waals surface area (Å²) in [5.74, 6) is -0.858. The van der Waals surface area contributed by atoms with E-state index >= 15 is 0 Å². The van der Waals surface area contributed by atoms with Crippen molar-refractivity contribution in [3.8, 4) is 0 Å². The van der Waals surface area contributed by atoms with Gasteiger partial charge in [0.1, 0.15) is 12.2 Å². The monoisotopic (exact) mass is 432 g/mol. The Morgan fingerprint density at radius 2 is 1.68 bits per heavy atom. The minimum atomic E-state index is -0.882. The zero-order valence-electron chi connectivity index (χ0n) is 19.7. The van der Waals surface area contributed by atoms with Crippen LogP contribution >= 0.6 is 0 Å². The third kappa shape index (κ3) is 4.00. The molecule has 1 heterocycles. The highest BCUT2D eigenvalue weighted by molar-refractivity contribution is 5.88. The van der Waals surface area contributed by atoms with E-state index in [1.807, 2.05) is 0 Å². The van der Waals surface area contributed by atoms with Crippen LogP contribution in [0.25, 0.3) is 0 Å². The molecule has 0 radical (unpaired) electrons. The number of hydrogen-bond acceptors (Lipinski definition) is 6. The maximum absolute atomic E-state index is 12.7. The van der Waals surface area contributed by atoms with Gasteiger partial charge in [-0.25, -0.2) is 9.59 Å². The predicted octanol–water partition coefficient (Wildman–Crippen LogP) is 4.09. The largest absolute Gasteiger partial charge is 0.455 e. The number of rotatable bonds is 4. The van der Waals surface area contributed by atoms with Crippen molar-refractivity contribution in [2.75, 3.05) is 6.61 Å². The topological polar surface area (TPSA) is 82.1 Å². The molecule has 3 aliphatic rings. The van der Waals surface area contributed by atoms with Gasteiger partial charge in [0.15, 0.2) is 6.29 Å². The molecule has 0 aromatic rings. The van der Waals surface area contributed by atoms with Crippen molar-refractivity contribution in [1.29, 1.82) is 0 Å². The molecule has 1 N–H and O–H groups in total. The molecule has 172 valence electrons. The normalized spacial score (nSPS) is 37.4. The van der Waals surface area contributed by atoms with Crippen LogP contribution in [0.1, 0.15) is 61.3 Å². The number of carbonyl (C=O) groups is 2. The summed E-state index contributed by atoms with van der Waals surface area (Å²) in [7, 11) is 0. The summed E-state index contributed by atoms with van der Waals surface area (Å²) in [6.07, 6.45) is 4.77. The number of aliphatic hydroxyl groups is 1. The summed E-state index contributed by atoms with van der Waals surface area (Å²) in [6.45, 7) is 13.7. The summed E-state index contributed by atoms with van der Waals surface area (Å²) >= 11 is 0. The summed E-state index contributed by atoms with van der Waals surface area (Å²) < 4.78 is 17.5. The molecule has 0 amide bonds. The van der Waals surface area contributed by atoms with E-state index in [-0.39, 0.29) is 17.3 Å². The molecular weight excluding hydrogens is 396 g/mol. The van der Waals surface area contributed by atoms with Crippen LogP contribution in [0.15, 0.2) is 34.9 Å². The number of aliphatic hydroxyl groups excluding tert-OH is 1. The van der Waals surface area contributed by atoms with Gasteiger partial charge in [0.25, 0.3) is 0 Å². The fraction of sp³-hybridized carbons (Fsp3) is 0.680. The highest BCUT2D eigenvalue weighted by Gasteiger charge is 2.63. The third-order valence-electron chi connectivity index (χ3n) is 7.84. The quantitative estimate of drug-likeness (QED) is 0.409. The Morgan fingerprint density at radius 3 is 2.26 bits per heavy atom. The van der Waals surface area contributed by atoms with E-state index in [2.05, 4.69) is 26.8 Å². The van der Waals surface area contributed by atoms with Crippen molar-refractivity contribution < 1.29 is 28.9 Å². The first kappa shape index (κ1) is 23.7. The zero-order valence-corrected chi connectivity index (χ0v) is 19.7. The molecule has 0 aromatic heterocycles. The van der Waals surface area contributed by atoms with Crippen LogP contribution in [-0.2, 0) is 23.8 Å². The first-order valence-corrected chi connectivity index (χ1v) is 11.1. The fourth-order valence-corrected chi connectivity index (χ4v) is 5.89. The van der Waals surface area contributed by atoms with Gasteiger partial charge >= 0.3 is 11.9 Å². The van der Waals surface area contributed by atoms with Crippen LogP contribution in [0, 0.1) is 22.7 Å². The standard InChI is InChI=1S/C25H36O6/c1-8-14(3)21(26)30-17-12-25(7)18(11-10-16-13-29-23(28)19(16)25)24(5,6)20(17)31-22(27)15(4)9-2/h8-10,17-20,23,28H,11-13H2,1-7H3/b14-8-,15-9-/t17-,18+,19-,20+,23-,25+/m1/s1. The number of fused-ring (bicyclic) bond motifs is 3. The Hall–Kier alpha value is -1.92. The van der Waals surface area contributed by atoms with Crippen LogP contribution < -0.4 is 0 Å². The minimum absolute atomic E-state index is 0.117. The number of ether oxygens (including phenoxy) is 3. The Balaban J connectivity index is 2.03. The van der Waals surface area contributed by atoms with Gasteiger partial charge in [-0.1, -0.05) is 39.0 Å². The second-order valence-corrected chi connectivity index (χ2v) is 9.99. The second-order valence-electron chi connectivity index (χ2n) is 9.99. The molecule has 0 bridgehead atoms. The molecule has 3 rings (SSSR count). The minimum Gasteiger partial charge on any atom is -0.455 e. The van der Waals surface area contributed by atoms with Crippen molar-refractivity contribution in [3.63, 3.8) is 0 Å². The molecule has 6 heteroatoms. The molecule has 2 fully saturated rings. The van der Waals surface area contributed by atoms with Gasteiger partial charge in [-0.2, -0.15) is 0 Å². The maximum Gasteiger partial charge on any atom is 0.333 e. The fourth-order valence-electron chi connectivity index (χ4n) is 5.89. The third-order valence-corrected chi connectivity index (χ3v) is 7.84. The Labute approximate surface area is 185 Å². The van der Waals surface area contributed by atoms with E-state index in [1.165, 1.54) is 0 Å². The van der Waals surface area contributed by atoms with Gasteiger partial charge in [-0.05, 0) is 57.4 Å². The number of esters is 2. The molecule has 1 saturated carbocycles. The van der Waals surface area contributed by atoms with Crippen LogP contribution in [0.3, 0.4) is 0 Å². The van der Waals surface area contributed by atoms with Crippen molar-refractivity contribution in [1.82, 2.24) is 0 Å². The van der Waals surface area contributed by atoms with Crippen molar-refractivity contribution in [2.45, 2.75) is 79.8 Å². The van der Waals surface area contributed by atoms with Gasteiger partial charge in [-0.3, -0.25) is 0 Å². The first-order valence-electron chi connectivity index (χ1n) is 11.1. The molecule has 31 heavy (non-hydrogen) atoms. The van der Waals surface area contributed by atoms with E-state index in [4.69, 9.17) is 14.2 Å². The first-order chi connectivity index (χ1) is 14.5. The zero-order chi connectivity index (χ0) is 23.1. The van der Waals surface area contributed by atoms with Crippen LogP contribution in [0.5, 0.6) is 0 Å². The van der Waals surface area contributed by atoms with Crippen molar-refractivity contribution >= 4 is 11.9 Å². The van der Waals surface area contributed by atoms with Crippen LogP contribution in [-0.4, -0.2) is 42.1 Å². The lowest BCUT2D eigenvalue weighted by Crippen LogP contribution is -2.62. The van der Waals surface area contributed by atoms with Crippen molar-refractivity contribution in [3.05, 3.63) is 34.9 Å². The smallest absolute Gasteiger partial charge is 0.333 e. The molecule has 6 nitrogen and oxygen atoms in total. The van der Waals surface area contributed by atoms with Crippen LogP contribution in [0.2, 0.25) is 0 Å². The number of hydrogen-bond donors (Lipinski definition) is 1. The molecule has 6 atom stereocenters. The number of carbonyl (C=O) groups excluding carboxylic acids is 2. The Kier molecular flexibility index (Phi) is 6.55. The summed E-state index contributed by atoms with van der Waals surface area (Å²) in [5, 5.41) is 10.6. The predicted molar refractivity (Wildman–Crippen MR) is 117 cm³/mol. The molecule has 2 aliphatic carbocycles. The lowest BCUT2D eigenvalue weighted by Gasteiger charge is -2.59. The van der Waals surface area contributed by atoms with Crippen molar-refractivity contribution in [2.24, 2.45) is 22.7 Å². The van der Waals surface area contributed by atoms with Gasteiger partial charge in [-0.15, -0.1) is 0 Å². The Morgan fingerprint density at radius 1 is 1.10 bits per heavy atom. The van der Waals surface area contributed by atoms with Gasteiger partial charge in [0.2, 0.25) is 0 Å². The molecule has 0 spiro atoms. The average Bonchev–Trinajstić information content (AvgIpc) is 3.11. The molecule has 1 saturated heterocycles. The maximum atomic E-state index is 12.7. The lowest BCUT2D eigenvalue weighted by molar-refractivity contribution is -0.220. The van der Waals surface area contributed by atoms with E-state index in [9.17, 15) is 14.7 Å². The van der Waals surface area contributed by atoms with Crippen LogP contribution in [0.4, 0.5) is 0 Å². The Bertz CT molecular complexity index is 835.